The van der Waals surface area contributed by atoms with Gasteiger partial charge in [-0.15, -0.1) is 0 Å². The molecule has 0 atom stereocenters. The van der Waals surface area contributed by atoms with Crippen LogP contribution in [0.2, 0.25) is 0 Å². The Morgan fingerprint density at radius 2 is 2.00 bits per heavy atom. The Balaban J connectivity index is 1.62. The Morgan fingerprint density at radius 1 is 1.30 bits per heavy atom. The largest absolute Gasteiger partial charge is 0.347 e. The van der Waals surface area contributed by atoms with Gasteiger partial charge < -0.3 is 14.4 Å². The number of carbonyl (C=O) groups excluding carboxylic acids is 2. The molecular formula is C18H27N3O2. The molecule has 2 aliphatic heterocycles. The van der Waals surface area contributed by atoms with Gasteiger partial charge in [0.2, 0.25) is 5.91 Å². The Hall–Kier alpha value is -1.78. The van der Waals surface area contributed by atoms with E-state index in [4.69, 9.17) is 0 Å². The molecule has 0 aliphatic carbocycles. The van der Waals surface area contributed by atoms with Gasteiger partial charge in [-0.2, -0.15) is 0 Å². The molecule has 3 rings (SSSR count). The second kappa shape index (κ2) is 6.02. The Morgan fingerprint density at radius 3 is 2.57 bits per heavy atom. The average molecular weight is 317 g/mol. The molecule has 0 aromatic carbocycles. The number of carbonyl (C=O) groups is 2. The van der Waals surface area contributed by atoms with Crippen LogP contribution in [-0.2, 0) is 11.8 Å². The fourth-order valence-electron chi connectivity index (χ4n) is 3.95. The number of aryl methyl sites for hydroxylation is 1. The summed E-state index contributed by atoms with van der Waals surface area (Å²) in [5.41, 5.74) is 0.835. The van der Waals surface area contributed by atoms with Crippen LogP contribution in [-0.4, -0.2) is 52.4 Å². The molecular weight excluding hydrogens is 290 g/mol. The van der Waals surface area contributed by atoms with Gasteiger partial charge in [0.25, 0.3) is 5.91 Å². The van der Waals surface area contributed by atoms with E-state index < -0.39 is 0 Å². The van der Waals surface area contributed by atoms with E-state index in [-0.39, 0.29) is 11.3 Å². The minimum atomic E-state index is 0.0942. The summed E-state index contributed by atoms with van der Waals surface area (Å²) in [7, 11) is 1.90. The Kier molecular flexibility index (Phi) is 4.21. The summed E-state index contributed by atoms with van der Waals surface area (Å²) in [5, 5.41) is 0. The van der Waals surface area contributed by atoms with Crippen LogP contribution in [0.5, 0.6) is 0 Å². The average Bonchev–Trinajstić information content (AvgIpc) is 3.03. The predicted octanol–water partition coefficient (Wildman–Crippen LogP) is 2.14. The van der Waals surface area contributed by atoms with Crippen molar-refractivity contribution in [1.82, 2.24) is 14.4 Å². The first-order valence-corrected chi connectivity index (χ1v) is 8.59. The molecule has 126 valence electrons. The molecule has 2 aliphatic rings. The van der Waals surface area contributed by atoms with Crippen LogP contribution in [0.1, 0.15) is 43.6 Å². The van der Waals surface area contributed by atoms with Crippen molar-refractivity contribution in [3.63, 3.8) is 0 Å². The van der Waals surface area contributed by atoms with Crippen molar-refractivity contribution in [2.24, 2.45) is 18.4 Å². The van der Waals surface area contributed by atoms with Crippen LogP contribution < -0.4 is 0 Å². The highest BCUT2D eigenvalue weighted by Crippen LogP contribution is 2.41. The van der Waals surface area contributed by atoms with Gasteiger partial charge in [-0.1, -0.05) is 13.8 Å². The first-order chi connectivity index (χ1) is 10.9. The van der Waals surface area contributed by atoms with Crippen LogP contribution in [0.15, 0.2) is 18.3 Å². The highest BCUT2D eigenvalue weighted by atomic mass is 16.2. The summed E-state index contributed by atoms with van der Waals surface area (Å²) in [6.07, 6.45) is 4.43. The molecule has 2 fully saturated rings. The predicted molar refractivity (Wildman–Crippen MR) is 89.0 cm³/mol. The maximum absolute atomic E-state index is 12.6. The van der Waals surface area contributed by atoms with E-state index in [1.807, 2.05) is 39.7 Å². The summed E-state index contributed by atoms with van der Waals surface area (Å²) in [6.45, 7) is 7.54. The lowest BCUT2D eigenvalue weighted by molar-refractivity contribution is -0.128. The van der Waals surface area contributed by atoms with Gasteiger partial charge in [0.15, 0.2) is 0 Å². The first-order valence-electron chi connectivity index (χ1n) is 8.59. The zero-order valence-electron chi connectivity index (χ0n) is 14.4. The number of piperidine rings is 1. The smallest absolute Gasteiger partial charge is 0.270 e. The van der Waals surface area contributed by atoms with Crippen LogP contribution in [0.4, 0.5) is 0 Å². The summed E-state index contributed by atoms with van der Waals surface area (Å²) < 4.78 is 1.87. The lowest BCUT2D eigenvalue weighted by atomic mass is 9.77. The fraction of sp³-hybridized carbons (Fsp3) is 0.667. The van der Waals surface area contributed by atoms with Gasteiger partial charge in [0.1, 0.15) is 5.69 Å². The molecule has 5 nitrogen and oxygen atoms in total. The monoisotopic (exact) mass is 317 g/mol. The molecule has 2 saturated heterocycles. The number of aromatic nitrogens is 1. The van der Waals surface area contributed by atoms with Crippen molar-refractivity contribution >= 4 is 11.8 Å². The topological polar surface area (TPSA) is 45.5 Å². The molecule has 5 heteroatoms. The van der Waals surface area contributed by atoms with E-state index in [1.165, 1.54) is 0 Å². The molecule has 0 radical (unpaired) electrons. The standard InChI is InChI=1S/C18H27N3O2/c1-14(2)12-21-13-18(11-16(21)22)6-9-20(10-7-18)17(23)15-5-4-8-19(15)3/h4-5,8,14H,6-7,9-13H2,1-3H3. The molecule has 23 heavy (non-hydrogen) atoms. The maximum Gasteiger partial charge on any atom is 0.270 e. The number of nitrogens with zero attached hydrogens (tertiary/aromatic N) is 3. The van der Waals surface area contributed by atoms with Crippen molar-refractivity contribution in [1.29, 1.82) is 0 Å². The van der Waals surface area contributed by atoms with E-state index in [0.29, 0.717) is 18.2 Å². The van der Waals surface area contributed by atoms with Gasteiger partial charge in [0, 0.05) is 51.3 Å². The van der Waals surface area contributed by atoms with Gasteiger partial charge in [-0.25, -0.2) is 0 Å². The van der Waals surface area contributed by atoms with Gasteiger partial charge >= 0.3 is 0 Å². The zero-order chi connectivity index (χ0) is 16.6. The second-order valence-corrected chi connectivity index (χ2v) is 7.64. The summed E-state index contributed by atoms with van der Waals surface area (Å²) in [4.78, 5) is 28.8. The summed E-state index contributed by atoms with van der Waals surface area (Å²) in [6, 6.07) is 3.77. The van der Waals surface area contributed by atoms with Crippen molar-refractivity contribution < 1.29 is 9.59 Å². The number of rotatable bonds is 3. The minimum absolute atomic E-state index is 0.0942. The van der Waals surface area contributed by atoms with Gasteiger partial charge in [0.05, 0.1) is 0 Å². The molecule has 1 spiro atoms. The van der Waals surface area contributed by atoms with E-state index in [9.17, 15) is 9.59 Å². The van der Waals surface area contributed by atoms with E-state index >= 15 is 0 Å². The molecule has 1 aromatic heterocycles. The molecule has 0 saturated carbocycles. The molecule has 1 aromatic rings. The van der Waals surface area contributed by atoms with Crippen molar-refractivity contribution in [2.75, 3.05) is 26.2 Å². The summed E-state index contributed by atoms with van der Waals surface area (Å²) in [5.74, 6) is 0.907. The highest BCUT2D eigenvalue weighted by molar-refractivity contribution is 5.92. The lowest BCUT2D eigenvalue weighted by Gasteiger charge is -2.39. The molecule has 0 N–H and O–H groups in total. The van der Waals surface area contributed by atoms with E-state index in [1.54, 1.807) is 0 Å². The Bertz CT molecular complexity index is 597. The van der Waals surface area contributed by atoms with Crippen LogP contribution in [0, 0.1) is 11.3 Å². The molecule has 2 amide bonds. The zero-order valence-corrected chi connectivity index (χ0v) is 14.4. The quantitative estimate of drug-likeness (QED) is 0.857. The number of hydrogen-bond donors (Lipinski definition) is 0. The lowest BCUT2D eigenvalue weighted by Crippen LogP contribution is -2.44. The highest BCUT2D eigenvalue weighted by Gasteiger charge is 2.45. The fourth-order valence-corrected chi connectivity index (χ4v) is 3.95. The van der Waals surface area contributed by atoms with Crippen LogP contribution in [0.25, 0.3) is 0 Å². The van der Waals surface area contributed by atoms with Crippen LogP contribution in [0.3, 0.4) is 0 Å². The number of amides is 2. The maximum atomic E-state index is 12.6. The summed E-state index contributed by atoms with van der Waals surface area (Å²) >= 11 is 0. The van der Waals surface area contributed by atoms with Crippen molar-refractivity contribution in [3.05, 3.63) is 24.0 Å². The third-order valence-corrected chi connectivity index (χ3v) is 5.26. The Labute approximate surface area is 138 Å². The van der Waals surface area contributed by atoms with E-state index in [2.05, 4.69) is 13.8 Å². The van der Waals surface area contributed by atoms with E-state index in [0.717, 1.165) is 44.7 Å². The molecule has 3 heterocycles. The third-order valence-electron chi connectivity index (χ3n) is 5.26. The minimum Gasteiger partial charge on any atom is -0.347 e. The molecule has 0 bridgehead atoms. The number of likely N-dealkylation sites (tertiary alicyclic amines) is 2. The van der Waals surface area contributed by atoms with Crippen molar-refractivity contribution in [3.8, 4) is 0 Å². The van der Waals surface area contributed by atoms with Crippen LogP contribution >= 0.6 is 0 Å². The third kappa shape index (κ3) is 3.14. The van der Waals surface area contributed by atoms with Gasteiger partial charge in [-0.05, 0) is 30.9 Å². The molecule has 0 unspecified atom stereocenters. The normalized spacial score (nSPS) is 20.8. The number of hydrogen-bond acceptors (Lipinski definition) is 2. The first kappa shape index (κ1) is 16.1. The second-order valence-electron chi connectivity index (χ2n) is 7.64. The van der Waals surface area contributed by atoms with Gasteiger partial charge in [-0.3, -0.25) is 9.59 Å². The SMILES string of the molecule is CC(C)CN1CC2(CCN(C(=O)c3cccn3C)CC2)CC1=O. The van der Waals surface area contributed by atoms with Crippen molar-refractivity contribution in [2.45, 2.75) is 33.1 Å².